The minimum atomic E-state index is 0.741. The molecule has 2 aromatic carbocycles. The molecule has 0 aliphatic rings. The third-order valence-corrected chi connectivity index (χ3v) is 4.88. The van der Waals surface area contributed by atoms with Crippen LogP contribution in [0.25, 0.3) is 15.5 Å². The lowest BCUT2D eigenvalue weighted by Crippen LogP contribution is -1.99. The van der Waals surface area contributed by atoms with Crippen LogP contribution in [0.2, 0.25) is 0 Å². The van der Waals surface area contributed by atoms with Crippen molar-refractivity contribution in [1.29, 1.82) is 0 Å². The molecule has 114 valence electrons. The molecular weight excluding hydrogens is 304 g/mol. The Kier molecular flexibility index (Phi) is 3.42. The first-order valence-electron chi connectivity index (χ1n) is 7.53. The lowest BCUT2D eigenvalue weighted by molar-refractivity contribution is 0.851. The van der Waals surface area contributed by atoms with Gasteiger partial charge in [0.25, 0.3) is 0 Å². The van der Waals surface area contributed by atoms with Gasteiger partial charge in [0.05, 0.1) is 0 Å². The molecule has 0 bridgehead atoms. The summed E-state index contributed by atoms with van der Waals surface area (Å²) in [6.45, 7) is 4.21. The molecule has 4 nitrogen and oxygen atoms in total. The molecule has 0 saturated carbocycles. The summed E-state index contributed by atoms with van der Waals surface area (Å²) in [5.74, 6) is 0.879. The summed E-state index contributed by atoms with van der Waals surface area (Å²) >= 11 is 1.57. The molecule has 2 aromatic heterocycles. The van der Waals surface area contributed by atoms with E-state index in [2.05, 4.69) is 72.6 Å². The molecule has 0 amide bonds. The van der Waals surface area contributed by atoms with Gasteiger partial charge in [0.1, 0.15) is 5.01 Å². The van der Waals surface area contributed by atoms with Crippen LogP contribution in [-0.2, 0) is 6.42 Å². The van der Waals surface area contributed by atoms with Gasteiger partial charge in [-0.3, -0.25) is 0 Å². The molecule has 0 spiro atoms. The third kappa shape index (κ3) is 2.64. The predicted molar refractivity (Wildman–Crippen MR) is 92.8 cm³/mol. The average molecular weight is 320 g/mol. The smallest absolute Gasteiger partial charge is 0.187 e. The Bertz CT molecular complexity index is 984. The van der Waals surface area contributed by atoms with Crippen LogP contribution in [0.15, 0.2) is 48.5 Å². The molecule has 0 saturated heterocycles. The first kappa shape index (κ1) is 14.1. The molecule has 0 atom stereocenters. The van der Waals surface area contributed by atoms with E-state index in [1.165, 1.54) is 16.7 Å². The van der Waals surface area contributed by atoms with E-state index < -0.39 is 0 Å². The summed E-state index contributed by atoms with van der Waals surface area (Å²) in [4.78, 5) is 0.838. The van der Waals surface area contributed by atoms with Crippen LogP contribution in [0.3, 0.4) is 0 Å². The van der Waals surface area contributed by atoms with Gasteiger partial charge in [-0.2, -0.15) is 9.61 Å². The Labute approximate surface area is 138 Å². The zero-order valence-corrected chi connectivity index (χ0v) is 13.8. The minimum Gasteiger partial charge on any atom is -0.187 e. The molecule has 23 heavy (non-hydrogen) atoms. The van der Waals surface area contributed by atoms with Crippen molar-refractivity contribution in [2.45, 2.75) is 20.3 Å². The van der Waals surface area contributed by atoms with E-state index in [-0.39, 0.29) is 0 Å². The molecule has 0 N–H and O–H groups in total. The van der Waals surface area contributed by atoms with Gasteiger partial charge in [-0.15, -0.1) is 10.2 Å². The summed E-state index contributed by atoms with van der Waals surface area (Å²) in [6.07, 6.45) is 0.741. The maximum Gasteiger partial charge on any atom is 0.234 e. The zero-order valence-electron chi connectivity index (χ0n) is 13.0. The molecule has 0 unspecified atom stereocenters. The minimum absolute atomic E-state index is 0.741. The Hall–Kier alpha value is -2.53. The standard InChI is InChI=1S/C18H16N4S/c1-12-6-5-9-15(10-12)17-21-22-16(19-20-18(22)23-17)11-14-8-4-3-7-13(14)2/h3-10H,11H2,1-2H3. The highest BCUT2D eigenvalue weighted by Gasteiger charge is 2.14. The Balaban J connectivity index is 1.74. The topological polar surface area (TPSA) is 43.1 Å². The van der Waals surface area contributed by atoms with Gasteiger partial charge in [-0.1, -0.05) is 59.4 Å². The normalized spacial score (nSPS) is 11.2. The Morgan fingerprint density at radius 2 is 1.87 bits per heavy atom. The number of hydrogen-bond donors (Lipinski definition) is 0. The summed E-state index contributed by atoms with van der Waals surface area (Å²) in [6, 6.07) is 16.7. The van der Waals surface area contributed by atoms with E-state index in [0.29, 0.717) is 0 Å². The van der Waals surface area contributed by atoms with Gasteiger partial charge >= 0.3 is 0 Å². The van der Waals surface area contributed by atoms with Gasteiger partial charge in [0.15, 0.2) is 5.82 Å². The Morgan fingerprint density at radius 3 is 2.70 bits per heavy atom. The van der Waals surface area contributed by atoms with E-state index in [1.807, 2.05) is 4.52 Å². The summed E-state index contributed by atoms with van der Waals surface area (Å²) in [7, 11) is 0. The number of benzene rings is 2. The van der Waals surface area contributed by atoms with Crippen molar-refractivity contribution in [1.82, 2.24) is 19.8 Å². The van der Waals surface area contributed by atoms with Crippen molar-refractivity contribution in [2.24, 2.45) is 0 Å². The fraction of sp³-hybridized carbons (Fsp3) is 0.167. The van der Waals surface area contributed by atoms with Crippen molar-refractivity contribution in [3.63, 3.8) is 0 Å². The van der Waals surface area contributed by atoms with Gasteiger partial charge in [0, 0.05) is 12.0 Å². The van der Waals surface area contributed by atoms with Crippen molar-refractivity contribution in [3.8, 4) is 10.6 Å². The largest absolute Gasteiger partial charge is 0.234 e. The van der Waals surface area contributed by atoms with Crippen LogP contribution in [0, 0.1) is 13.8 Å². The van der Waals surface area contributed by atoms with Crippen molar-refractivity contribution in [3.05, 3.63) is 71.0 Å². The predicted octanol–water partition coefficient (Wildman–Crippen LogP) is 4.06. The number of rotatable bonds is 3. The van der Waals surface area contributed by atoms with Gasteiger partial charge < -0.3 is 0 Å². The third-order valence-electron chi connectivity index (χ3n) is 3.93. The van der Waals surface area contributed by atoms with Crippen molar-refractivity contribution < 1.29 is 0 Å². The molecule has 5 heteroatoms. The fourth-order valence-corrected chi connectivity index (χ4v) is 3.50. The number of hydrogen-bond acceptors (Lipinski definition) is 4. The first-order valence-corrected chi connectivity index (χ1v) is 8.35. The van der Waals surface area contributed by atoms with E-state index in [9.17, 15) is 0 Å². The number of aromatic nitrogens is 4. The molecule has 0 radical (unpaired) electrons. The van der Waals surface area contributed by atoms with E-state index >= 15 is 0 Å². The van der Waals surface area contributed by atoms with Crippen LogP contribution in [0.1, 0.15) is 22.5 Å². The molecule has 4 aromatic rings. The second kappa shape index (κ2) is 5.59. The lowest BCUT2D eigenvalue weighted by atomic mass is 10.1. The second-order valence-corrected chi connectivity index (χ2v) is 6.65. The molecule has 0 fully saturated rings. The summed E-state index contributed by atoms with van der Waals surface area (Å²) in [5.41, 5.74) is 4.88. The second-order valence-electron chi connectivity index (χ2n) is 5.69. The molecule has 2 heterocycles. The van der Waals surface area contributed by atoms with Gasteiger partial charge in [-0.05, 0) is 31.0 Å². The maximum atomic E-state index is 4.72. The average Bonchev–Trinajstić information content (AvgIpc) is 3.11. The van der Waals surface area contributed by atoms with Crippen LogP contribution < -0.4 is 0 Å². The highest BCUT2D eigenvalue weighted by Crippen LogP contribution is 2.26. The number of fused-ring (bicyclic) bond motifs is 1. The lowest BCUT2D eigenvalue weighted by Gasteiger charge is -2.02. The van der Waals surface area contributed by atoms with E-state index in [1.54, 1.807) is 11.3 Å². The van der Waals surface area contributed by atoms with Crippen molar-refractivity contribution in [2.75, 3.05) is 0 Å². The highest BCUT2D eigenvalue weighted by atomic mass is 32.1. The summed E-state index contributed by atoms with van der Waals surface area (Å²) in [5, 5.41) is 14.3. The van der Waals surface area contributed by atoms with E-state index in [4.69, 9.17) is 5.10 Å². The van der Waals surface area contributed by atoms with Gasteiger partial charge in [0.2, 0.25) is 4.96 Å². The van der Waals surface area contributed by atoms with Crippen LogP contribution in [0.4, 0.5) is 0 Å². The number of nitrogens with zero attached hydrogens (tertiary/aromatic N) is 4. The molecule has 0 aliphatic carbocycles. The van der Waals surface area contributed by atoms with E-state index in [0.717, 1.165) is 27.8 Å². The zero-order chi connectivity index (χ0) is 15.8. The van der Waals surface area contributed by atoms with Crippen molar-refractivity contribution >= 4 is 16.3 Å². The van der Waals surface area contributed by atoms with Crippen LogP contribution in [0.5, 0.6) is 0 Å². The monoisotopic (exact) mass is 320 g/mol. The molecule has 0 aliphatic heterocycles. The fourth-order valence-electron chi connectivity index (χ4n) is 2.64. The Morgan fingerprint density at radius 1 is 1.00 bits per heavy atom. The molecular formula is C18H16N4S. The van der Waals surface area contributed by atoms with Crippen LogP contribution in [-0.4, -0.2) is 19.8 Å². The summed E-state index contributed by atoms with van der Waals surface area (Å²) < 4.78 is 1.87. The molecule has 4 rings (SSSR count). The SMILES string of the molecule is Cc1cccc(-c2nn3c(Cc4ccccc4C)nnc3s2)c1. The maximum absolute atomic E-state index is 4.72. The highest BCUT2D eigenvalue weighted by molar-refractivity contribution is 7.19. The quantitative estimate of drug-likeness (QED) is 0.572. The first-order chi connectivity index (χ1) is 11.2. The van der Waals surface area contributed by atoms with Crippen LogP contribution >= 0.6 is 11.3 Å². The van der Waals surface area contributed by atoms with Gasteiger partial charge in [-0.25, -0.2) is 0 Å². The number of aryl methyl sites for hydroxylation is 2.